The van der Waals surface area contributed by atoms with Gasteiger partial charge in [0.05, 0.1) is 25.9 Å². The zero-order valence-corrected chi connectivity index (χ0v) is 17.8. The largest absolute Gasteiger partial charge is 0.494 e. The quantitative estimate of drug-likeness (QED) is 0.497. The average Bonchev–Trinajstić information content (AvgIpc) is 2.71. The molecule has 0 aliphatic rings. The van der Waals surface area contributed by atoms with E-state index < -0.39 is 6.10 Å². The molecule has 5 heteroatoms. The molecule has 0 aromatic heterocycles. The number of ether oxygens (including phenoxy) is 3. The molecule has 2 aromatic carbocycles. The van der Waals surface area contributed by atoms with E-state index in [9.17, 15) is 0 Å². The Labute approximate surface area is 174 Å². The number of aliphatic hydroxyl groups is 2. The summed E-state index contributed by atoms with van der Waals surface area (Å²) in [4.78, 5) is 0. The number of rotatable bonds is 13. The first-order chi connectivity index (χ1) is 13.9. The van der Waals surface area contributed by atoms with Gasteiger partial charge >= 0.3 is 0 Å². The summed E-state index contributed by atoms with van der Waals surface area (Å²) in [6.07, 6.45) is 0.991. The molecule has 0 saturated carbocycles. The van der Waals surface area contributed by atoms with Gasteiger partial charge in [0.25, 0.3) is 0 Å². The molecular weight excluding hydrogens is 368 g/mol. The molecule has 29 heavy (non-hydrogen) atoms. The van der Waals surface area contributed by atoms with E-state index in [-0.39, 0.29) is 12.0 Å². The number of hydrogen-bond acceptors (Lipinski definition) is 5. The Kier molecular flexibility index (Phi) is 9.45. The fourth-order valence-corrected chi connectivity index (χ4v) is 2.96. The molecule has 2 N–H and O–H groups in total. The lowest BCUT2D eigenvalue weighted by Gasteiger charge is -2.26. The Morgan fingerprint density at radius 3 is 1.72 bits per heavy atom. The molecule has 5 nitrogen and oxygen atoms in total. The standard InChI is InChI=1S/C24H34O5/c1-19(26)18-27-15-5-17-29-23-12-8-21(9-13-23)24(2,3)20-6-10-22(11-7-20)28-16-4-14-25/h6-13,19,25-26H,4-5,14-18H2,1-3H3. The highest BCUT2D eigenvalue weighted by Gasteiger charge is 2.23. The maximum atomic E-state index is 9.15. The zero-order valence-electron chi connectivity index (χ0n) is 17.8. The molecule has 0 heterocycles. The van der Waals surface area contributed by atoms with Crippen LogP contribution in [0.4, 0.5) is 0 Å². The van der Waals surface area contributed by atoms with Crippen LogP contribution in [0.1, 0.15) is 44.7 Å². The van der Waals surface area contributed by atoms with Crippen LogP contribution in [0.3, 0.4) is 0 Å². The molecule has 0 bridgehead atoms. The van der Waals surface area contributed by atoms with Crippen LogP contribution < -0.4 is 9.47 Å². The summed E-state index contributed by atoms with van der Waals surface area (Å²) < 4.78 is 16.7. The molecular formula is C24H34O5. The number of aliphatic hydroxyl groups excluding tert-OH is 2. The fraction of sp³-hybridized carbons (Fsp3) is 0.500. The lowest BCUT2D eigenvalue weighted by atomic mass is 9.78. The van der Waals surface area contributed by atoms with Crippen LogP contribution >= 0.6 is 0 Å². The van der Waals surface area contributed by atoms with E-state index in [0.29, 0.717) is 32.8 Å². The predicted octanol–water partition coefficient (Wildman–Crippen LogP) is 3.94. The molecule has 2 aromatic rings. The van der Waals surface area contributed by atoms with Crippen molar-refractivity contribution in [3.8, 4) is 11.5 Å². The first kappa shape index (κ1) is 23.2. The molecule has 1 unspecified atom stereocenters. The van der Waals surface area contributed by atoms with Gasteiger partial charge in [0.1, 0.15) is 11.5 Å². The minimum atomic E-state index is -0.429. The molecule has 0 radical (unpaired) electrons. The summed E-state index contributed by atoms with van der Waals surface area (Å²) in [6.45, 7) is 8.29. The van der Waals surface area contributed by atoms with Crippen molar-refractivity contribution < 1.29 is 24.4 Å². The predicted molar refractivity (Wildman–Crippen MR) is 115 cm³/mol. The summed E-state index contributed by atoms with van der Waals surface area (Å²) in [6, 6.07) is 16.3. The molecule has 0 fully saturated rings. The third-order valence-electron chi connectivity index (χ3n) is 4.78. The maximum absolute atomic E-state index is 9.15. The van der Waals surface area contributed by atoms with Crippen LogP contribution in [0.15, 0.2) is 48.5 Å². The lowest BCUT2D eigenvalue weighted by Crippen LogP contribution is -2.18. The third kappa shape index (κ3) is 7.69. The van der Waals surface area contributed by atoms with Crippen molar-refractivity contribution in [2.24, 2.45) is 0 Å². The Morgan fingerprint density at radius 2 is 1.28 bits per heavy atom. The van der Waals surface area contributed by atoms with Crippen LogP contribution in [0.2, 0.25) is 0 Å². The zero-order chi connectivity index (χ0) is 21.1. The van der Waals surface area contributed by atoms with Gasteiger partial charge in [0.2, 0.25) is 0 Å². The van der Waals surface area contributed by atoms with Crippen LogP contribution in [-0.2, 0) is 10.2 Å². The highest BCUT2D eigenvalue weighted by Crippen LogP contribution is 2.33. The monoisotopic (exact) mass is 402 g/mol. The Balaban J connectivity index is 1.87. The molecule has 1 atom stereocenters. The van der Waals surface area contributed by atoms with Gasteiger partial charge in [0, 0.05) is 31.5 Å². The molecule has 0 spiro atoms. The summed E-state index contributed by atoms with van der Waals surface area (Å²) in [5.41, 5.74) is 2.27. The van der Waals surface area contributed by atoms with Gasteiger partial charge < -0.3 is 24.4 Å². The van der Waals surface area contributed by atoms with Gasteiger partial charge in [-0.2, -0.15) is 0 Å². The normalized spacial score (nSPS) is 12.6. The van der Waals surface area contributed by atoms with E-state index in [1.165, 1.54) is 11.1 Å². The molecule has 0 aliphatic carbocycles. The molecule has 0 aliphatic heterocycles. The van der Waals surface area contributed by atoms with Crippen molar-refractivity contribution in [2.75, 3.05) is 33.0 Å². The highest BCUT2D eigenvalue weighted by molar-refractivity contribution is 5.41. The van der Waals surface area contributed by atoms with Crippen molar-refractivity contribution >= 4 is 0 Å². The first-order valence-electron chi connectivity index (χ1n) is 10.3. The van der Waals surface area contributed by atoms with Crippen molar-refractivity contribution in [3.63, 3.8) is 0 Å². The van der Waals surface area contributed by atoms with E-state index in [0.717, 1.165) is 17.9 Å². The smallest absolute Gasteiger partial charge is 0.119 e. The second-order valence-electron chi connectivity index (χ2n) is 7.73. The molecule has 0 amide bonds. The van der Waals surface area contributed by atoms with Crippen molar-refractivity contribution in [1.82, 2.24) is 0 Å². The maximum Gasteiger partial charge on any atom is 0.119 e. The van der Waals surface area contributed by atoms with Gasteiger partial charge in [-0.15, -0.1) is 0 Å². The van der Waals surface area contributed by atoms with Crippen LogP contribution in [-0.4, -0.2) is 49.4 Å². The van der Waals surface area contributed by atoms with Gasteiger partial charge in [-0.3, -0.25) is 0 Å². The Bertz CT molecular complexity index is 692. The van der Waals surface area contributed by atoms with E-state index >= 15 is 0 Å². The Hall–Kier alpha value is -2.08. The number of benzene rings is 2. The molecule has 160 valence electrons. The minimum Gasteiger partial charge on any atom is -0.494 e. The van der Waals surface area contributed by atoms with E-state index in [1.807, 2.05) is 24.3 Å². The van der Waals surface area contributed by atoms with Crippen LogP contribution in [0, 0.1) is 0 Å². The summed E-state index contributed by atoms with van der Waals surface area (Å²) in [5.74, 6) is 1.66. The van der Waals surface area contributed by atoms with E-state index in [1.54, 1.807) is 6.92 Å². The van der Waals surface area contributed by atoms with Crippen molar-refractivity contribution in [3.05, 3.63) is 59.7 Å². The van der Waals surface area contributed by atoms with E-state index in [4.69, 9.17) is 24.4 Å². The second kappa shape index (κ2) is 11.8. The van der Waals surface area contributed by atoms with Gasteiger partial charge in [-0.05, 0) is 42.3 Å². The summed E-state index contributed by atoms with van der Waals surface area (Å²) >= 11 is 0. The van der Waals surface area contributed by atoms with E-state index in [2.05, 4.69) is 38.1 Å². The van der Waals surface area contributed by atoms with Crippen molar-refractivity contribution in [2.45, 2.75) is 45.1 Å². The fourth-order valence-electron chi connectivity index (χ4n) is 2.96. The van der Waals surface area contributed by atoms with Gasteiger partial charge in [0.15, 0.2) is 0 Å². The number of hydrogen-bond donors (Lipinski definition) is 2. The first-order valence-corrected chi connectivity index (χ1v) is 10.3. The minimum absolute atomic E-state index is 0.140. The van der Waals surface area contributed by atoms with Crippen molar-refractivity contribution in [1.29, 1.82) is 0 Å². The summed E-state index contributed by atoms with van der Waals surface area (Å²) in [5, 5.41) is 18.0. The molecule has 0 saturated heterocycles. The SMILES string of the molecule is CC(O)COCCCOc1ccc(C(C)(C)c2ccc(OCCCO)cc2)cc1. The second-order valence-corrected chi connectivity index (χ2v) is 7.73. The van der Waals surface area contributed by atoms with Crippen LogP contribution in [0.5, 0.6) is 11.5 Å². The van der Waals surface area contributed by atoms with Crippen LogP contribution in [0.25, 0.3) is 0 Å². The summed E-state index contributed by atoms with van der Waals surface area (Å²) in [7, 11) is 0. The third-order valence-corrected chi connectivity index (χ3v) is 4.78. The highest BCUT2D eigenvalue weighted by atomic mass is 16.5. The van der Waals surface area contributed by atoms with Gasteiger partial charge in [-0.25, -0.2) is 0 Å². The average molecular weight is 403 g/mol. The lowest BCUT2D eigenvalue weighted by molar-refractivity contribution is 0.0412. The molecule has 2 rings (SSSR count). The topological polar surface area (TPSA) is 68.2 Å². The van der Waals surface area contributed by atoms with Gasteiger partial charge in [-0.1, -0.05) is 38.1 Å². The Morgan fingerprint density at radius 1 is 0.793 bits per heavy atom.